The standard InChI is InChI=1S/C13H22N2O5/c1-3-20-11(16)8-15(2)13(19)14-10-6-4-9(5-7-10)12(17)18/h9-10H,3-8H2,1-2H3,(H,14,19)(H,17,18). The van der Waals surface area contributed by atoms with E-state index < -0.39 is 11.9 Å². The van der Waals surface area contributed by atoms with Crippen LogP contribution in [0.5, 0.6) is 0 Å². The van der Waals surface area contributed by atoms with E-state index >= 15 is 0 Å². The van der Waals surface area contributed by atoms with Crippen molar-refractivity contribution in [3.05, 3.63) is 0 Å². The lowest BCUT2D eigenvalue weighted by atomic mass is 9.86. The largest absolute Gasteiger partial charge is 0.481 e. The summed E-state index contributed by atoms with van der Waals surface area (Å²) in [5.74, 6) is -1.52. The van der Waals surface area contributed by atoms with Crippen molar-refractivity contribution in [1.29, 1.82) is 0 Å². The molecular weight excluding hydrogens is 264 g/mol. The average Bonchev–Trinajstić information content (AvgIpc) is 2.39. The molecule has 0 aromatic rings. The number of rotatable bonds is 5. The van der Waals surface area contributed by atoms with Crippen LogP contribution >= 0.6 is 0 Å². The van der Waals surface area contributed by atoms with E-state index in [0.29, 0.717) is 25.7 Å². The van der Waals surface area contributed by atoms with Gasteiger partial charge >= 0.3 is 18.0 Å². The number of ether oxygens (including phenoxy) is 1. The van der Waals surface area contributed by atoms with E-state index in [2.05, 4.69) is 5.32 Å². The molecule has 2 amide bonds. The average molecular weight is 286 g/mol. The van der Waals surface area contributed by atoms with Gasteiger partial charge in [0.05, 0.1) is 12.5 Å². The van der Waals surface area contributed by atoms with Crippen molar-refractivity contribution in [3.63, 3.8) is 0 Å². The highest BCUT2D eigenvalue weighted by molar-refractivity contribution is 5.80. The zero-order valence-corrected chi connectivity index (χ0v) is 11.9. The van der Waals surface area contributed by atoms with Gasteiger partial charge in [0.2, 0.25) is 0 Å². The molecule has 7 nitrogen and oxygen atoms in total. The second kappa shape index (κ2) is 7.72. The fourth-order valence-electron chi connectivity index (χ4n) is 2.24. The van der Waals surface area contributed by atoms with Gasteiger partial charge < -0.3 is 20.1 Å². The van der Waals surface area contributed by atoms with E-state index in [0.717, 1.165) is 0 Å². The summed E-state index contributed by atoms with van der Waals surface area (Å²) in [5, 5.41) is 11.7. The van der Waals surface area contributed by atoms with Crippen molar-refractivity contribution in [2.24, 2.45) is 5.92 Å². The fourth-order valence-corrected chi connectivity index (χ4v) is 2.24. The Balaban J connectivity index is 2.32. The first kappa shape index (κ1) is 16.3. The number of urea groups is 1. The molecule has 7 heteroatoms. The molecule has 20 heavy (non-hydrogen) atoms. The number of carbonyl (C=O) groups is 3. The van der Waals surface area contributed by atoms with Crippen LogP contribution in [0.4, 0.5) is 4.79 Å². The molecular formula is C13H22N2O5. The van der Waals surface area contributed by atoms with Crippen LogP contribution in [0, 0.1) is 5.92 Å². The van der Waals surface area contributed by atoms with Crippen LogP contribution in [0.1, 0.15) is 32.6 Å². The van der Waals surface area contributed by atoms with Gasteiger partial charge in [0.25, 0.3) is 0 Å². The number of nitrogens with zero attached hydrogens (tertiary/aromatic N) is 1. The highest BCUT2D eigenvalue weighted by Crippen LogP contribution is 2.24. The van der Waals surface area contributed by atoms with Crippen molar-refractivity contribution in [2.45, 2.75) is 38.6 Å². The predicted octanol–water partition coefficient (Wildman–Crippen LogP) is 0.834. The van der Waals surface area contributed by atoms with E-state index in [9.17, 15) is 14.4 Å². The highest BCUT2D eigenvalue weighted by Gasteiger charge is 2.27. The second-order valence-electron chi connectivity index (χ2n) is 5.00. The number of carboxylic acid groups (broad SMARTS) is 1. The minimum absolute atomic E-state index is 0.0252. The van der Waals surface area contributed by atoms with E-state index in [1.165, 1.54) is 11.9 Å². The minimum atomic E-state index is -0.769. The lowest BCUT2D eigenvalue weighted by molar-refractivity contribution is -0.144. The molecule has 1 aliphatic carbocycles. The van der Waals surface area contributed by atoms with Gasteiger partial charge in [-0.3, -0.25) is 9.59 Å². The molecule has 0 atom stereocenters. The number of likely N-dealkylation sites (N-methyl/N-ethyl adjacent to an activating group) is 1. The smallest absolute Gasteiger partial charge is 0.325 e. The molecule has 114 valence electrons. The van der Waals surface area contributed by atoms with E-state index in [-0.39, 0.29) is 31.1 Å². The summed E-state index contributed by atoms with van der Waals surface area (Å²) in [6, 6.07) is -0.362. The number of hydrogen-bond donors (Lipinski definition) is 2. The zero-order chi connectivity index (χ0) is 15.1. The fraction of sp³-hybridized carbons (Fsp3) is 0.769. The quantitative estimate of drug-likeness (QED) is 0.730. The van der Waals surface area contributed by atoms with Crippen LogP contribution in [0.3, 0.4) is 0 Å². The van der Waals surface area contributed by atoms with Crippen LogP contribution in [0.2, 0.25) is 0 Å². The lowest BCUT2D eigenvalue weighted by Crippen LogP contribution is -2.46. The molecule has 1 aliphatic rings. The molecule has 0 radical (unpaired) electrons. The number of carbonyl (C=O) groups excluding carboxylic acids is 2. The molecule has 1 fully saturated rings. The maximum Gasteiger partial charge on any atom is 0.325 e. The molecule has 0 aromatic carbocycles. The van der Waals surface area contributed by atoms with Gasteiger partial charge in [0, 0.05) is 13.1 Å². The van der Waals surface area contributed by atoms with Gasteiger partial charge in [-0.2, -0.15) is 0 Å². The maximum atomic E-state index is 11.9. The summed E-state index contributed by atoms with van der Waals surface area (Å²) in [6.45, 7) is 1.90. The van der Waals surface area contributed by atoms with E-state index in [4.69, 9.17) is 9.84 Å². The van der Waals surface area contributed by atoms with Gasteiger partial charge in [-0.25, -0.2) is 4.79 Å². The number of hydrogen-bond acceptors (Lipinski definition) is 4. The van der Waals surface area contributed by atoms with Crippen LogP contribution in [-0.4, -0.2) is 54.2 Å². The third-order valence-electron chi connectivity index (χ3n) is 3.42. The molecule has 0 bridgehead atoms. The Labute approximate surface area is 118 Å². The molecule has 0 aromatic heterocycles. The summed E-state index contributed by atoms with van der Waals surface area (Å²) < 4.78 is 4.77. The topological polar surface area (TPSA) is 95.9 Å². The van der Waals surface area contributed by atoms with Gasteiger partial charge in [-0.15, -0.1) is 0 Å². The minimum Gasteiger partial charge on any atom is -0.481 e. The molecule has 0 heterocycles. The molecule has 2 N–H and O–H groups in total. The van der Waals surface area contributed by atoms with Crippen molar-refractivity contribution >= 4 is 18.0 Å². The SMILES string of the molecule is CCOC(=O)CN(C)C(=O)NC1CCC(C(=O)O)CC1. The third-order valence-corrected chi connectivity index (χ3v) is 3.42. The van der Waals surface area contributed by atoms with Crippen molar-refractivity contribution < 1.29 is 24.2 Å². The van der Waals surface area contributed by atoms with Crippen molar-refractivity contribution in [3.8, 4) is 0 Å². The van der Waals surface area contributed by atoms with E-state index in [1.54, 1.807) is 6.92 Å². The zero-order valence-electron chi connectivity index (χ0n) is 11.9. The van der Waals surface area contributed by atoms with Crippen LogP contribution in [0.15, 0.2) is 0 Å². The summed E-state index contributed by atoms with van der Waals surface area (Å²) in [4.78, 5) is 35.2. The normalized spacial score (nSPS) is 21.9. The third kappa shape index (κ3) is 5.07. The maximum absolute atomic E-state index is 11.9. The van der Waals surface area contributed by atoms with E-state index in [1.807, 2.05) is 0 Å². The Hall–Kier alpha value is -1.79. The number of amides is 2. The van der Waals surface area contributed by atoms with Crippen LogP contribution in [0.25, 0.3) is 0 Å². The summed E-state index contributed by atoms with van der Waals surface area (Å²) >= 11 is 0. The van der Waals surface area contributed by atoms with Gasteiger partial charge in [0.1, 0.15) is 6.54 Å². The molecule has 0 spiro atoms. The predicted molar refractivity (Wildman–Crippen MR) is 71.2 cm³/mol. The molecule has 1 saturated carbocycles. The van der Waals surface area contributed by atoms with Gasteiger partial charge in [0.15, 0.2) is 0 Å². The Morgan fingerprint density at radius 2 is 1.85 bits per heavy atom. The summed E-state index contributed by atoms with van der Waals surface area (Å²) in [5.41, 5.74) is 0. The number of carboxylic acids is 1. The Morgan fingerprint density at radius 3 is 2.35 bits per heavy atom. The highest BCUT2D eigenvalue weighted by atomic mass is 16.5. The Kier molecular flexibility index (Phi) is 6.27. The second-order valence-corrected chi connectivity index (χ2v) is 5.00. The van der Waals surface area contributed by atoms with Crippen LogP contribution < -0.4 is 5.32 Å². The van der Waals surface area contributed by atoms with Crippen molar-refractivity contribution in [2.75, 3.05) is 20.2 Å². The Morgan fingerprint density at radius 1 is 1.25 bits per heavy atom. The number of aliphatic carboxylic acids is 1. The first-order valence-corrected chi connectivity index (χ1v) is 6.84. The first-order chi connectivity index (χ1) is 9.43. The molecule has 0 unspecified atom stereocenters. The van der Waals surface area contributed by atoms with Gasteiger partial charge in [-0.1, -0.05) is 0 Å². The lowest BCUT2D eigenvalue weighted by Gasteiger charge is -2.28. The summed E-state index contributed by atoms with van der Waals surface area (Å²) in [6.07, 6.45) is 2.44. The van der Waals surface area contributed by atoms with Gasteiger partial charge in [-0.05, 0) is 32.6 Å². The number of nitrogens with one attached hydrogen (secondary N) is 1. The monoisotopic (exact) mass is 286 g/mol. The molecule has 0 saturated heterocycles. The van der Waals surface area contributed by atoms with Crippen LogP contribution in [-0.2, 0) is 14.3 Å². The number of esters is 1. The Bertz CT molecular complexity index is 364. The van der Waals surface area contributed by atoms with Crippen molar-refractivity contribution in [1.82, 2.24) is 10.2 Å². The first-order valence-electron chi connectivity index (χ1n) is 6.84. The summed E-state index contributed by atoms with van der Waals surface area (Å²) in [7, 11) is 1.52. The molecule has 0 aliphatic heterocycles. The molecule has 1 rings (SSSR count).